The van der Waals surface area contributed by atoms with Crippen molar-refractivity contribution in [3.63, 3.8) is 0 Å². The SMILES string of the molecule is O=[N+]([O-])c1ccc(NS(=O)(=O)CCCCOc2ccc3c(c2)OCO3)c(OC2CCCCC2)c1. The van der Waals surface area contributed by atoms with E-state index in [1.807, 2.05) is 0 Å². The molecule has 0 amide bonds. The lowest BCUT2D eigenvalue weighted by atomic mass is 9.98. The Morgan fingerprint density at radius 1 is 1.03 bits per heavy atom. The second-order valence-corrected chi connectivity index (χ2v) is 10.1. The average Bonchev–Trinajstić information content (AvgIpc) is 3.28. The normalized spacial score (nSPS) is 15.6. The molecule has 1 N–H and O–H groups in total. The zero-order chi connectivity index (χ0) is 24.0. The third-order valence-electron chi connectivity index (χ3n) is 5.71. The minimum atomic E-state index is -3.68. The van der Waals surface area contributed by atoms with E-state index in [1.54, 1.807) is 18.2 Å². The summed E-state index contributed by atoms with van der Waals surface area (Å²) < 4.78 is 50.0. The highest BCUT2D eigenvalue weighted by Gasteiger charge is 2.21. The predicted molar refractivity (Wildman–Crippen MR) is 125 cm³/mol. The number of nitrogens with zero attached hydrogens (tertiary/aromatic N) is 1. The first kappa shape index (κ1) is 23.9. The number of fused-ring (bicyclic) bond motifs is 1. The Balaban J connectivity index is 1.30. The molecule has 34 heavy (non-hydrogen) atoms. The molecular formula is C23H28N2O8S. The van der Waals surface area contributed by atoms with E-state index < -0.39 is 14.9 Å². The molecule has 2 aromatic rings. The van der Waals surface area contributed by atoms with Gasteiger partial charge in [0.2, 0.25) is 16.8 Å². The Bertz CT molecular complexity index is 1120. The van der Waals surface area contributed by atoms with Crippen molar-refractivity contribution in [2.45, 2.75) is 51.0 Å². The lowest BCUT2D eigenvalue weighted by Crippen LogP contribution is -2.22. The molecule has 1 saturated carbocycles. The third-order valence-corrected chi connectivity index (χ3v) is 7.06. The Hall–Kier alpha value is -3.21. The number of unbranched alkanes of at least 4 members (excludes halogenated alkanes) is 1. The summed E-state index contributed by atoms with van der Waals surface area (Å²) in [5.74, 6) is 2.00. The molecule has 0 atom stereocenters. The number of anilines is 1. The first-order valence-corrected chi connectivity index (χ1v) is 13.0. The second kappa shape index (κ2) is 10.8. The maximum absolute atomic E-state index is 12.7. The molecule has 0 bridgehead atoms. The maximum atomic E-state index is 12.7. The number of non-ortho nitro benzene ring substituents is 1. The summed E-state index contributed by atoms with van der Waals surface area (Å²) in [6.07, 6.45) is 5.70. The van der Waals surface area contributed by atoms with Gasteiger partial charge in [-0.1, -0.05) is 6.42 Å². The average molecular weight is 493 g/mol. The molecule has 2 aromatic carbocycles. The van der Waals surface area contributed by atoms with E-state index in [0.717, 1.165) is 32.1 Å². The van der Waals surface area contributed by atoms with Crippen molar-refractivity contribution >= 4 is 21.4 Å². The summed E-state index contributed by atoms with van der Waals surface area (Å²) in [7, 11) is -3.68. The van der Waals surface area contributed by atoms with Crippen LogP contribution in [-0.2, 0) is 10.0 Å². The van der Waals surface area contributed by atoms with E-state index in [-0.39, 0.29) is 35.8 Å². The Kier molecular flexibility index (Phi) is 7.61. The van der Waals surface area contributed by atoms with E-state index in [9.17, 15) is 18.5 Å². The van der Waals surface area contributed by atoms with Crippen LogP contribution in [0.5, 0.6) is 23.0 Å². The summed E-state index contributed by atoms with van der Waals surface area (Å²) >= 11 is 0. The van der Waals surface area contributed by atoms with Gasteiger partial charge in [-0.05, 0) is 56.7 Å². The number of nitro benzene ring substituents is 1. The molecule has 0 aromatic heterocycles. The van der Waals surface area contributed by atoms with Crippen LogP contribution in [0.2, 0.25) is 0 Å². The molecule has 4 rings (SSSR count). The summed E-state index contributed by atoms with van der Waals surface area (Å²) in [5.41, 5.74) is 0.0715. The minimum Gasteiger partial charge on any atom is -0.493 e. The smallest absolute Gasteiger partial charge is 0.273 e. The largest absolute Gasteiger partial charge is 0.493 e. The monoisotopic (exact) mass is 492 g/mol. The number of nitrogens with one attached hydrogen (secondary N) is 1. The highest BCUT2D eigenvalue weighted by atomic mass is 32.2. The molecule has 1 fully saturated rings. The summed E-state index contributed by atoms with van der Waals surface area (Å²) in [6, 6.07) is 9.22. The number of hydrogen-bond acceptors (Lipinski definition) is 8. The second-order valence-electron chi connectivity index (χ2n) is 8.31. The van der Waals surface area contributed by atoms with Crippen LogP contribution >= 0.6 is 0 Å². The Morgan fingerprint density at radius 2 is 1.82 bits per heavy atom. The molecule has 1 heterocycles. The molecule has 0 radical (unpaired) electrons. The quantitative estimate of drug-likeness (QED) is 0.273. The van der Waals surface area contributed by atoms with Crippen molar-refractivity contribution in [2.75, 3.05) is 23.9 Å². The highest BCUT2D eigenvalue weighted by molar-refractivity contribution is 7.92. The molecular weight excluding hydrogens is 464 g/mol. The number of nitro groups is 1. The topological polar surface area (TPSA) is 126 Å². The first-order chi connectivity index (χ1) is 16.4. The summed E-state index contributed by atoms with van der Waals surface area (Å²) in [4.78, 5) is 10.7. The van der Waals surface area contributed by atoms with Gasteiger partial charge in [0, 0.05) is 12.1 Å². The first-order valence-electron chi connectivity index (χ1n) is 11.4. The van der Waals surface area contributed by atoms with Gasteiger partial charge in [0.05, 0.1) is 35.1 Å². The van der Waals surface area contributed by atoms with E-state index in [4.69, 9.17) is 18.9 Å². The number of sulfonamides is 1. The van der Waals surface area contributed by atoms with Gasteiger partial charge in [-0.3, -0.25) is 14.8 Å². The van der Waals surface area contributed by atoms with Crippen molar-refractivity contribution in [3.8, 4) is 23.0 Å². The predicted octanol–water partition coefficient (Wildman–Crippen LogP) is 4.64. The number of ether oxygens (including phenoxy) is 4. The standard InChI is InChI=1S/C23H28N2O8S/c26-25(27)17-8-10-20(22(14-17)33-18-6-2-1-3-7-18)24-34(28,29)13-5-4-12-30-19-9-11-21-23(15-19)32-16-31-21/h8-11,14-15,18,24H,1-7,12-13,16H2. The summed E-state index contributed by atoms with van der Waals surface area (Å²) in [6.45, 7) is 0.536. The zero-order valence-corrected chi connectivity index (χ0v) is 19.6. The van der Waals surface area contributed by atoms with E-state index in [2.05, 4.69) is 4.72 Å². The van der Waals surface area contributed by atoms with Crippen molar-refractivity contribution < 1.29 is 32.3 Å². The molecule has 1 aliphatic heterocycles. The molecule has 1 aliphatic carbocycles. The van der Waals surface area contributed by atoms with Gasteiger partial charge in [0.1, 0.15) is 5.75 Å². The van der Waals surface area contributed by atoms with Gasteiger partial charge < -0.3 is 18.9 Å². The molecule has 0 spiro atoms. The van der Waals surface area contributed by atoms with Crippen LogP contribution in [0, 0.1) is 10.1 Å². The Morgan fingerprint density at radius 3 is 2.62 bits per heavy atom. The van der Waals surface area contributed by atoms with Gasteiger partial charge in [-0.2, -0.15) is 0 Å². The number of rotatable bonds is 11. The highest BCUT2D eigenvalue weighted by Crippen LogP contribution is 2.35. The third kappa shape index (κ3) is 6.43. The van der Waals surface area contributed by atoms with E-state index in [1.165, 1.54) is 18.2 Å². The van der Waals surface area contributed by atoms with Crippen LogP contribution in [0.25, 0.3) is 0 Å². The molecule has 2 aliphatic rings. The van der Waals surface area contributed by atoms with Crippen molar-refractivity contribution in [2.24, 2.45) is 0 Å². The fourth-order valence-corrected chi connectivity index (χ4v) is 5.13. The zero-order valence-electron chi connectivity index (χ0n) is 18.7. The van der Waals surface area contributed by atoms with Crippen LogP contribution in [0.1, 0.15) is 44.9 Å². The fourth-order valence-electron chi connectivity index (χ4n) is 3.94. The molecule has 11 heteroatoms. The van der Waals surface area contributed by atoms with Crippen LogP contribution in [0.3, 0.4) is 0 Å². The summed E-state index contributed by atoms with van der Waals surface area (Å²) in [5, 5.41) is 11.2. The van der Waals surface area contributed by atoms with Crippen molar-refractivity contribution in [1.29, 1.82) is 0 Å². The lowest BCUT2D eigenvalue weighted by molar-refractivity contribution is -0.384. The van der Waals surface area contributed by atoms with Crippen LogP contribution in [0.15, 0.2) is 36.4 Å². The number of benzene rings is 2. The van der Waals surface area contributed by atoms with E-state index >= 15 is 0 Å². The van der Waals surface area contributed by atoms with Crippen LogP contribution < -0.4 is 23.7 Å². The van der Waals surface area contributed by atoms with Gasteiger partial charge in [-0.15, -0.1) is 0 Å². The van der Waals surface area contributed by atoms with Gasteiger partial charge in [-0.25, -0.2) is 8.42 Å². The van der Waals surface area contributed by atoms with E-state index in [0.29, 0.717) is 36.7 Å². The van der Waals surface area contributed by atoms with Crippen LogP contribution in [0.4, 0.5) is 11.4 Å². The minimum absolute atomic E-state index is 0.0765. The fraction of sp³-hybridized carbons (Fsp3) is 0.478. The molecule has 184 valence electrons. The van der Waals surface area contributed by atoms with Crippen LogP contribution in [-0.4, -0.2) is 38.6 Å². The lowest BCUT2D eigenvalue weighted by Gasteiger charge is -2.24. The van der Waals surface area contributed by atoms with Gasteiger partial charge in [0.25, 0.3) is 5.69 Å². The van der Waals surface area contributed by atoms with Crippen molar-refractivity contribution in [3.05, 3.63) is 46.5 Å². The number of hydrogen-bond donors (Lipinski definition) is 1. The molecule has 10 nitrogen and oxygen atoms in total. The maximum Gasteiger partial charge on any atom is 0.273 e. The molecule has 0 saturated heterocycles. The Labute approximate surface area is 198 Å². The van der Waals surface area contributed by atoms with Gasteiger partial charge >= 0.3 is 0 Å². The van der Waals surface area contributed by atoms with Gasteiger partial charge in [0.15, 0.2) is 17.2 Å². The van der Waals surface area contributed by atoms with Crippen molar-refractivity contribution in [1.82, 2.24) is 0 Å². The molecule has 0 unspecified atom stereocenters.